The number of nitrogens with zero attached hydrogens (tertiary/aromatic N) is 1. The van der Waals surface area contributed by atoms with Gasteiger partial charge in [-0.25, -0.2) is 0 Å². The van der Waals surface area contributed by atoms with Gasteiger partial charge in [0, 0.05) is 57.9 Å². The van der Waals surface area contributed by atoms with Crippen molar-refractivity contribution in [2.24, 2.45) is 0 Å². The van der Waals surface area contributed by atoms with Gasteiger partial charge in [-0.2, -0.15) is 0 Å². The van der Waals surface area contributed by atoms with E-state index < -0.39 is 0 Å². The standard InChI is InChI=1S/C33H37NO4/c1-4-7-9-11-31(35)24-15-19-29-27(21-24)28-22-25(16-20-30(28)34(29)6-3)33(37)23-13-17-26(18-14-23)38-32(36)12-10-8-5-2/h13-22H,4-12H2,1-3H3. The summed E-state index contributed by atoms with van der Waals surface area (Å²) in [5, 5.41) is 1.96. The Kier molecular flexibility index (Phi) is 9.11. The lowest BCUT2D eigenvalue weighted by Gasteiger charge is -2.06. The number of ether oxygens (including phenoxy) is 1. The van der Waals surface area contributed by atoms with Crippen LogP contribution in [0.2, 0.25) is 0 Å². The monoisotopic (exact) mass is 511 g/mol. The molecule has 0 aliphatic carbocycles. The van der Waals surface area contributed by atoms with Crippen LogP contribution in [0.3, 0.4) is 0 Å². The van der Waals surface area contributed by atoms with E-state index in [-0.39, 0.29) is 17.5 Å². The van der Waals surface area contributed by atoms with Crippen molar-refractivity contribution in [2.45, 2.75) is 78.7 Å². The lowest BCUT2D eigenvalue weighted by Crippen LogP contribution is -2.08. The number of esters is 1. The molecule has 0 radical (unpaired) electrons. The second kappa shape index (κ2) is 12.7. The molecule has 5 heteroatoms. The molecular formula is C33H37NO4. The maximum Gasteiger partial charge on any atom is 0.311 e. The number of aromatic nitrogens is 1. The third-order valence-corrected chi connectivity index (χ3v) is 7.11. The molecule has 1 aromatic heterocycles. The first kappa shape index (κ1) is 27.3. The summed E-state index contributed by atoms with van der Waals surface area (Å²) in [5.41, 5.74) is 3.93. The largest absolute Gasteiger partial charge is 0.427 e. The van der Waals surface area contributed by atoms with Gasteiger partial charge in [-0.15, -0.1) is 0 Å². The SMILES string of the molecule is CCCCCC(=O)Oc1ccc(C(=O)c2ccc3c(c2)c2cc(C(=O)CCCCC)ccc2n3CC)cc1. The predicted molar refractivity (Wildman–Crippen MR) is 153 cm³/mol. The summed E-state index contributed by atoms with van der Waals surface area (Å²) in [6, 6.07) is 18.4. The first-order chi connectivity index (χ1) is 18.5. The van der Waals surface area contributed by atoms with Gasteiger partial charge in [0.1, 0.15) is 5.75 Å². The highest BCUT2D eigenvalue weighted by atomic mass is 16.5. The fraction of sp³-hybridized carbons (Fsp3) is 0.364. The first-order valence-electron chi connectivity index (χ1n) is 13.9. The zero-order valence-corrected chi connectivity index (χ0v) is 22.7. The number of Topliss-reactive ketones (excluding diaryl/α,β-unsaturated/α-hetero) is 1. The van der Waals surface area contributed by atoms with Gasteiger partial charge in [0.05, 0.1) is 0 Å². The summed E-state index contributed by atoms with van der Waals surface area (Å²) in [7, 11) is 0. The number of unbranched alkanes of at least 4 members (excludes halogenated alkanes) is 4. The van der Waals surface area contributed by atoms with E-state index in [1.54, 1.807) is 24.3 Å². The normalized spacial score (nSPS) is 11.2. The molecule has 1 heterocycles. The quantitative estimate of drug-likeness (QED) is 0.0784. The molecular weight excluding hydrogens is 474 g/mol. The third kappa shape index (κ3) is 6.04. The van der Waals surface area contributed by atoms with Crippen molar-refractivity contribution in [3.05, 3.63) is 77.4 Å². The van der Waals surface area contributed by atoms with Gasteiger partial charge in [-0.05, 0) is 80.4 Å². The summed E-state index contributed by atoms with van der Waals surface area (Å²) >= 11 is 0. The van der Waals surface area contributed by atoms with Crippen molar-refractivity contribution in [1.29, 1.82) is 0 Å². The molecule has 38 heavy (non-hydrogen) atoms. The van der Waals surface area contributed by atoms with E-state index in [9.17, 15) is 14.4 Å². The van der Waals surface area contributed by atoms with Crippen molar-refractivity contribution < 1.29 is 19.1 Å². The molecule has 0 aliphatic rings. The highest BCUT2D eigenvalue weighted by molar-refractivity contribution is 6.15. The number of carbonyl (C=O) groups is 3. The molecule has 4 rings (SSSR count). The fourth-order valence-electron chi connectivity index (χ4n) is 4.98. The Balaban J connectivity index is 1.60. The van der Waals surface area contributed by atoms with Gasteiger partial charge in [-0.1, -0.05) is 39.5 Å². The average Bonchev–Trinajstić information content (AvgIpc) is 3.25. The van der Waals surface area contributed by atoms with Gasteiger partial charge in [0.25, 0.3) is 0 Å². The van der Waals surface area contributed by atoms with Crippen LogP contribution in [-0.4, -0.2) is 22.1 Å². The molecule has 0 amide bonds. The van der Waals surface area contributed by atoms with Gasteiger partial charge >= 0.3 is 5.97 Å². The van der Waals surface area contributed by atoms with E-state index in [0.29, 0.717) is 29.7 Å². The van der Waals surface area contributed by atoms with Crippen LogP contribution >= 0.6 is 0 Å². The van der Waals surface area contributed by atoms with Crippen molar-refractivity contribution in [1.82, 2.24) is 4.57 Å². The van der Waals surface area contributed by atoms with Crippen LogP contribution in [0.1, 0.15) is 98.4 Å². The molecule has 5 nitrogen and oxygen atoms in total. The smallest absolute Gasteiger partial charge is 0.311 e. The number of aryl methyl sites for hydroxylation is 1. The van der Waals surface area contributed by atoms with Crippen LogP contribution in [0.5, 0.6) is 5.75 Å². The van der Waals surface area contributed by atoms with Crippen LogP contribution in [0.15, 0.2) is 60.7 Å². The number of rotatable bonds is 13. The van der Waals surface area contributed by atoms with E-state index in [1.165, 1.54) is 0 Å². The molecule has 0 atom stereocenters. The van der Waals surface area contributed by atoms with Gasteiger partial charge in [0.2, 0.25) is 0 Å². The molecule has 0 unspecified atom stereocenters. The Hall–Kier alpha value is -3.73. The summed E-state index contributed by atoms with van der Waals surface area (Å²) in [5.74, 6) is 0.257. The van der Waals surface area contributed by atoms with Crippen LogP contribution < -0.4 is 4.74 Å². The molecule has 0 aliphatic heterocycles. The third-order valence-electron chi connectivity index (χ3n) is 7.11. The Labute approximate surface area is 224 Å². The highest BCUT2D eigenvalue weighted by Gasteiger charge is 2.16. The Bertz CT molecular complexity index is 1450. The lowest BCUT2D eigenvalue weighted by molar-refractivity contribution is -0.134. The van der Waals surface area contributed by atoms with Gasteiger partial charge < -0.3 is 9.30 Å². The second-order valence-corrected chi connectivity index (χ2v) is 9.87. The van der Waals surface area contributed by atoms with Crippen molar-refractivity contribution in [3.8, 4) is 5.75 Å². The Morgan fingerprint density at radius 2 is 1.21 bits per heavy atom. The minimum atomic E-state index is -0.251. The predicted octanol–water partition coefficient (Wildman–Crippen LogP) is 8.29. The van der Waals surface area contributed by atoms with E-state index in [1.807, 2.05) is 36.4 Å². The topological polar surface area (TPSA) is 65.4 Å². The molecule has 198 valence electrons. The maximum absolute atomic E-state index is 13.4. The lowest BCUT2D eigenvalue weighted by atomic mass is 9.99. The molecule has 0 spiro atoms. The summed E-state index contributed by atoms with van der Waals surface area (Å²) in [4.78, 5) is 38.2. The molecule has 0 saturated heterocycles. The zero-order valence-electron chi connectivity index (χ0n) is 22.7. The second-order valence-electron chi connectivity index (χ2n) is 9.87. The molecule has 3 aromatic carbocycles. The zero-order chi connectivity index (χ0) is 27.1. The van der Waals surface area contributed by atoms with E-state index in [0.717, 1.165) is 72.4 Å². The molecule has 0 N–H and O–H groups in total. The van der Waals surface area contributed by atoms with E-state index >= 15 is 0 Å². The van der Waals surface area contributed by atoms with Crippen molar-refractivity contribution >= 4 is 39.3 Å². The summed E-state index contributed by atoms with van der Waals surface area (Å²) in [6.07, 6.45) is 6.85. The van der Waals surface area contributed by atoms with Crippen molar-refractivity contribution in [2.75, 3.05) is 0 Å². The molecule has 0 saturated carbocycles. The summed E-state index contributed by atoms with van der Waals surface area (Å²) in [6.45, 7) is 7.11. The number of benzene rings is 3. The maximum atomic E-state index is 13.4. The van der Waals surface area contributed by atoms with Gasteiger partial charge in [0.15, 0.2) is 11.6 Å². The Morgan fingerprint density at radius 1 is 0.658 bits per heavy atom. The molecule has 4 aromatic rings. The van der Waals surface area contributed by atoms with Gasteiger partial charge in [-0.3, -0.25) is 14.4 Å². The number of hydrogen-bond acceptors (Lipinski definition) is 4. The number of hydrogen-bond donors (Lipinski definition) is 0. The van der Waals surface area contributed by atoms with Crippen LogP contribution in [0.4, 0.5) is 0 Å². The number of ketones is 2. The molecule has 0 fully saturated rings. The summed E-state index contributed by atoms with van der Waals surface area (Å²) < 4.78 is 7.62. The average molecular weight is 512 g/mol. The van der Waals surface area contributed by atoms with E-state index in [4.69, 9.17) is 4.74 Å². The van der Waals surface area contributed by atoms with Crippen LogP contribution in [0.25, 0.3) is 21.8 Å². The van der Waals surface area contributed by atoms with Crippen LogP contribution in [0, 0.1) is 0 Å². The number of carbonyl (C=O) groups excluding carboxylic acids is 3. The minimum absolute atomic E-state index is 0.100. The minimum Gasteiger partial charge on any atom is -0.427 e. The fourth-order valence-corrected chi connectivity index (χ4v) is 4.98. The highest BCUT2D eigenvalue weighted by Crippen LogP contribution is 2.32. The van der Waals surface area contributed by atoms with Crippen molar-refractivity contribution in [3.63, 3.8) is 0 Å². The Morgan fingerprint density at radius 3 is 1.82 bits per heavy atom. The van der Waals surface area contributed by atoms with E-state index in [2.05, 4.69) is 25.3 Å². The van der Waals surface area contributed by atoms with Crippen LogP contribution in [-0.2, 0) is 11.3 Å². The first-order valence-corrected chi connectivity index (χ1v) is 13.9. The molecule has 0 bridgehead atoms. The number of fused-ring (bicyclic) bond motifs is 3.